The topological polar surface area (TPSA) is 51.3 Å². The van der Waals surface area contributed by atoms with E-state index in [9.17, 15) is 4.79 Å². The van der Waals surface area contributed by atoms with E-state index in [0.717, 1.165) is 31.6 Å². The third kappa shape index (κ3) is 2.85. The highest BCUT2D eigenvalue weighted by molar-refractivity contribution is 5.93. The molecule has 1 fully saturated rings. The van der Waals surface area contributed by atoms with Crippen LogP contribution in [0.1, 0.15) is 28.9 Å². The van der Waals surface area contributed by atoms with Crippen LogP contribution < -0.4 is 5.73 Å². The Bertz CT molecular complexity index is 606. The largest absolute Gasteiger partial charge is 0.339 e. The summed E-state index contributed by atoms with van der Waals surface area (Å²) >= 11 is 0. The van der Waals surface area contributed by atoms with E-state index in [1.165, 1.54) is 5.56 Å². The van der Waals surface area contributed by atoms with E-state index >= 15 is 0 Å². The van der Waals surface area contributed by atoms with Crippen molar-refractivity contribution in [2.45, 2.75) is 25.4 Å². The SMILES string of the molecule is NCC1CCCN1C(=O)c1cccn1Cc1ccccc1. The molecule has 21 heavy (non-hydrogen) atoms. The third-order valence-corrected chi connectivity index (χ3v) is 4.15. The van der Waals surface area contributed by atoms with Crippen LogP contribution in [0.2, 0.25) is 0 Å². The second-order valence-electron chi connectivity index (χ2n) is 5.54. The lowest BCUT2D eigenvalue weighted by Crippen LogP contribution is -2.40. The van der Waals surface area contributed by atoms with E-state index in [2.05, 4.69) is 12.1 Å². The van der Waals surface area contributed by atoms with E-state index in [0.29, 0.717) is 6.54 Å². The predicted molar refractivity (Wildman–Crippen MR) is 83.1 cm³/mol. The monoisotopic (exact) mass is 283 g/mol. The van der Waals surface area contributed by atoms with Gasteiger partial charge in [-0.3, -0.25) is 4.79 Å². The van der Waals surface area contributed by atoms with Crippen molar-refractivity contribution in [1.29, 1.82) is 0 Å². The maximum atomic E-state index is 12.7. The first-order chi connectivity index (χ1) is 10.3. The molecule has 0 radical (unpaired) electrons. The van der Waals surface area contributed by atoms with Crippen LogP contribution in [0, 0.1) is 0 Å². The molecule has 1 aromatic heterocycles. The summed E-state index contributed by atoms with van der Waals surface area (Å²) in [6.45, 7) is 2.08. The van der Waals surface area contributed by atoms with Gasteiger partial charge in [-0.25, -0.2) is 0 Å². The molecule has 2 heterocycles. The highest BCUT2D eigenvalue weighted by Crippen LogP contribution is 2.20. The Morgan fingerprint density at radius 3 is 2.76 bits per heavy atom. The third-order valence-electron chi connectivity index (χ3n) is 4.15. The zero-order chi connectivity index (χ0) is 14.7. The molecule has 4 heteroatoms. The number of aromatic nitrogens is 1. The Morgan fingerprint density at radius 2 is 2.00 bits per heavy atom. The van der Waals surface area contributed by atoms with Crippen molar-refractivity contribution in [3.63, 3.8) is 0 Å². The number of hydrogen-bond acceptors (Lipinski definition) is 2. The molecule has 1 aliphatic rings. The summed E-state index contributed by atoms with van der Waals surface area (Å²) in [5.41, 5.74) is 7.72. The maximum Gasteiger partial charge on any atom is 0.270 e. The van der Waals surface area contributed by atoms with Crippen molar-refractivity contribution in [1.82, 2.24) is 9.47 Å². The Balaban J connectivity index is 1.80. The number of nitrogens with two attached hydrogens (primary N) is 1. The van der Waals surface area contributed by atoms with Gasteiger partial charge in [0.25, 0.3) is 5.91 Å². The first kappa shape index (κ1) is 13.9. The van der Waals surface area contributed by atoms with Gasteiger partial charge >= 0.3 is 0 Å². The van der Waals surface area contributed by atoms with E-state index in [-0.39, 0.29) is 11.9 Å². The zero-order valence-corrected chi connectivity index (χ0v) is 12.1. The van der Waals surface area contributed by atoms with Crippen molar-refractivity contribution in [2.75, 3.05) is 13.1 Å². The lowest BCUT2D eigenvalue weighted by atomic mass is 10.2. The summed E-state index contributed by atoms with van der Waals surface area (Å²) in [7, 11) is 0. The Morgan fingerprint density at radius 1 is 1.19 bits per heavy atom. The van der Waals surface area contributed by atoms with Crippen LogP contribution in [-0.4, -0.2) is 34.5 Å². The lowest BCUT2D eigenvalue weighted by molar-refractivity contribution is 0.0731. The second kappa shape index (κ2) is 6.14. The van der Waals surface area contributed by atoms with Crippen molar-refractivity contribution in [3.8, 4) is 0 Å². The fraction of sp³-hybridized carbons (Fsp3) is 0.353. The number of rotatable bonds is 4. The summed E-state index contributed by atoms with van der Waals surface area (Å²) in [6, 6.07) is 14.2. The fourth-order valence-electron chi connectivity index (χ4n) is 3.02. The van der Waals surface area contributed by atoms with Gasteiger partial charge in [-0.15, -0.1) is 0 Å². The summed E-state index contributed by atoms with van der Waals surface area (Å²) in [5, 5.41) is 0. The number of benzene rings is 1. The van der Waals surface area contributed by atoms with E-state index in [1.807, 2.05) is 46.0 Å². The molecule has 2 aromatic rings. The van der Waals surface area contributed by atoms with Crippen LogP contribution in [0.5, 0.6) is 0 Å². The molecule has 1 amide bonds. The number of amides is 1. The minimum Gasteiger partial charge on any atom is -0.339 e. The van der Waals surface area contributed by atoms with Gasteiger partial charge in [0.15, 0.2) is 0 Å². The van der Waals surface area contributed by atoms with Crippen molar-refractivity contribution in [3.05, 3.63) is 59.9 Å². The van der Waals surface area contributed by atoms with Gasteiger partial charge in [-0.05, 0) is 30.5 Å². The maximum absolute atomic E-state index is 12.7. The summed E-state index contributed by atoms with van der Waals surface area (Å²) in [5.74, 6) is 0.101. The van der Waals surface area contributed by atoms with E-state index in [4.69, 9.17) is 5.73 Å². The lowest BCUT2D eigenvalue weighted by Gasteiger charge is -2.24. The number of nitrogens with zero attached hydrogens (tertiary/aromatic N) is 2. The Labute approximate surface area is 125 Å². The van der Waals surface area contributed by atoms with Gasteiger partial charge in [0.05, 0.1) is 0 Å². The summed E-state index contributed by atoms with van der Waals surface area (Å²) in [6.07, 6.45) is 4.03. The molecular formula is C17H21N3O. The quantitative estimate of drug-likeness (QED) is 0.934. The molecule has 0 bridgehead atoms. The standard InChI is InChI=1S/C17H21N3O/c18-12-15-8-4-11-20(15)17(21)16-9-5-10-19(16)13-14-6-2-1-3-7-14/h1-3,5-7,9-10,15H,4,8,11-13,18H2. The highest BCUT2D eigenvalue weighted by atomic mass is 16.2. The number of carbonyl (C=O) groups is 1. The molecule has 1 saturated heterocycles. The van der Waals surface area contributed by atoms with Crippen LogP contribution in [0.25, 0.3) is 0 Å². The predicted octanol–water partition coefficient (Wildman–Crippen LogP) is 2.10. The van der Waals surface area contributed by atoms with Crippen molar-refractivity contribution in [2.24, 2.45) is 5.73 Å². The molecule has 3 rings (SSSR count). The van der Waals surface area contributed by atoms with Crippen LogP contribution in [0.3, 0.4) is 0 Å². The Kier molecular flexibility index (Phi) is 4.06. The van der Waals surface area contributed by atoms with E-state index < -0.39 is 0 Å². The van der Waals surface area contributed by atoms with Gasteiger partial charge in [0, 0.05) is 31.9 Å². The van der Waals surface area contributed by atoms with Crippen LogP contribution in [0.4, 0.5) is 0 Å². The zero-order valence-electron chi connectivity index (χ0n) is 12.1. The first-order valence-corrected chi connectivity index (χ1v) is 7.49. The molecule has 1 atom stereocenters. The van der Waals surface area contributed by atoms with Crippen LogP contribution in [0.15, 0.2) is 48.7 Å². The minimum absolute atomic E-state index is 0.101. The second-order valence-corrected chi connectivity index (χ2v) is 5.54. The van der Waals surface area contributed by atoms with Crippen molar-refractivity contribution >= 4 is 5.91 Å². The molecule has 0 aliphatic carbocycles. The smallest absolute Gasteiger partial charge is 0.270 e. The summed E-state index contributed by atoms with van der Waals surface area (Å²) in [4.78, 5) is 14.7. The van der Waals surface area contributed by atoms with Gasteiger partial charge in [-0.1, -0.05) is 30.3 Å². The average Bonchev–Trinajstić information content (AvgIpc) is 3.16. The van der Waals surface area contributed by atoms with Gasteiger partial charge in [-0.2, -0.15) is 0 Å². The summed E-state index contributed by atoms with van der Waals surface area (Å²) < 4.78 is 2.02. The molecular weight excluding hydrogens is 262 g/mol. The first-order valence-electron chi connectivity index (χ1n) is 7.49. The number of hydrogen-bond donors (Lipinski definition) is 1. The minimum atomic E-state index is 0.101. The molecule has 0 saturated carbocycles. The molecule has 2 N–H and O–H groups in total. The normalized spacial score (nSPS) is 18.1. The Hall–Kier alpha value is -2.07. The van der Waals surface area contributed by atoms with Crippen molar-refractivity contribution < 1.29 is 4.79 Å². The molecule has 1 aromatic carbocycles. The van der Waals surface area contributed by atoms with Gasteiger partial charge in [0.2, 0.25) is 0 Å². The van der Waals surface area contributed by atoms with E-state index in [1.54, 1.807) is 0 Å². The van der Waals surface area contributed by atoms with Crippen LogP contribution >= 0.6 is 0 Å². The molecule has 110 valence electrons. The van der Waals surface area contributed by atoms with Gasteiger partial charge in [0.1, 0.15) is 5.69 Å². The average molecular weight is 283 g/mol. The molecule has 1 unspecified atom stereocenters. The van der Waals surface area contributed by atoms with Gasteiger partial charge < -0.3 is 15.2 Å². The molecule has 4 nitrogen and oxygen atoms in total. The molecule has 0 spiro atoms. The fourth-order valence-corrected chi connectivity index (χ4v) is 3.02. The van der Waals surface area contributed by atoms with Crippen LogP contribution in [-0.2, 0) is 6.54 Å². The number of likely N-dealkylation sites (tertiary alicyclic amines) is 1. The number of carbonyl (C=O) groups excluding carboxylic acids is 1. The molecule has 1 aliphatic heterocycles. The highest BCUT2D eigenvalue weighted by Gasteiger charge is 2.29.